The number of aromatic amines is 1. The molecule has 0 bridgehead atoms. The number of para-hydroxylation sites is 1. The van der Waals surface area contributed by atoms with E-state index in [4.69, 9.17) is 19.6 Å². The lowest BCUT2D eigenvalue weighted by Gasteiger charge is -2.34. The molecule has 1 aliphatic rings. The summed E-state index contributed by atoms with van der Waals surface area (Å²) in [5.74, 6) is -2.64. The molecule has 210 valence electrons. The van der Waals surface area contributed by atoms with Crippen molar-refractivity contribution in [3.05, 3.63) is 89.1 Å². The number of aliphatic carboxylic acids is 1. The van der Waals surface area contributed by atoms with Crippen LogP contribution in [0.2, 0.25) is 0 Å². The normalized spacial score (nSPS) is 16.4. The number of carboxylic acids is 1. The van der Waals surface area contributed by atoms with E-state index in [9.17, 15) is 13.6 Å². The second-order valence-corrected chi connectivity index (χ2v) is 10.2. The zero-order valence-corrected chi connectivity index (χ0v) is 22.2. The molecule has 0 saturated carbocycles. The van der Waals surface area contributed by atoms with Crippen LogP contribution in [0.4, 0.5) is 13.2 Å². The second-order valence-electron chi connectivity index (χ2n) is 10.2. The van der Waals surface area contributed by atoms with E-state index in [1.165, 1.54) is 29.1 Å². The number of halogens is 3. The summed E-state index contributed by atoms with van der Waals surface area (Å²) in [6.45, 7) is 2.33. The number of carboxylic acid groups (broad SMARTS) is 1. The molecule has 2 aromatic heterocycles. The number of benzene rings is 3. The van der Waals surface area contributed by atoms with Gasteiger partial charge in [-0.2, -0.15) is 5.10 Å². The van der Waals surface area contributed by atoms with Crippen LogP contribution in [0, 0.1) is 17.5 Å². The molecule has 0 unspecified atom stereocenters. The first kappa shape index (κ1) is 26.4. The molecule has 0 spiro atoms. The summed E-state index contributed by atoms with van der Waals surface area (Å²) in [5.41, 5.74) is 1.22. The number of carbonyl (C=O) groups is 1. The van der Waals surface area contributed by atoms with Crippen molar-refractivity contribution in [3.63, 3.8) is 0 Å². The third-order valence-electron chi connectivity index (χ3n) is 7.51. The largest absolute Gasteiger partial charge is 0.493 e. The van der Waals surface area contributed by atoms with Crippen molar-refractivity contribution in [2.24, 2.45) is 7.05 Å². The van der Waals surface area contributed by atoms with Gasteiger partial charge in [-0.25, -0.2) is 22.8 Å². The van der Waals surface area contributed by atoms with Gasteiger partial charge in [0.05, 0.1) is 23.1 Å². The van der Waals surface area contributed by atoms with Crippen LogP contribution in [-0.2, 0) is 23.7 Å². The Labute approximate surface area is 232 Å². The Bertz CT molecular complexity index is 1820. The minimum atomic E-state index is -0.905. The van der Waals surface area contributed by atoms with Crippen molar-refractivity contribution in [1.82, 2.24) is 19.7 Å². The molecule has 11 heteroatoms. The van der Waals surface area contributed by atoms with E-state index in [1.54, 1.807) is 7.05 Å². The number of fused-ring (bicyclic) bond motifs is 2. The summed E-state index contributed by atoms with van der Waals surface area (Å²) in [5, 5.41) is 13.9. The van der Waals surface area contributed by atoms with Crippen molar-refractivity contribution >= 4 is 16.9 Å². The molecule has 0 aliphatic carbocycles. The molecule has 6 rings (SSSR count). The Balaban J connectivity index is 1.37. The maximum absolute atomic E-state index is 15.1. The van der Waals surface area contributed by atoms with Crippen LogP contribution in [0.5, 0.6) is 17.2 Å². The molecule has 1 atom stereocenters. The van der Waals surface area contributed by atoms with Gasteiger partial charge in [0.15, 0.2) is 29.0 Å². The third-order valence-corrected chi connectivity index (χ3v) is 7.51. The quantitative estimate of drug-likeness (QED) is 0.242. The monoisotopic (exact) mass is 562 g/mol. The lowest BCUT2D eigenvalue weighted by Crippen LogP contribution is -2.33. The lowest BCUT2D eigenvalue weighted by molar-refractivity contribution is -0.136. The first-order valence-electron chi connectivity index (χ1n) is 13.0. The fraction of sp³-hybridized carbons (Fsp3) is 0.233. The molecule has 41 heavy (non-hydrogen) atoms. The van der Waals surface area contributed by atoms with Crippen molar-refractivity contribution in [2.45, 2.75) is 31.6 Å². The maximum atomic E-state index is 15.1. The summed E-state index contributed by atoms with van der Waals surface area (Å²) in [4.78, 5) is 18.6. The Morgan fingerprint density at radius 1 is 1.17 bits per heavy atom. The molecular weight excluding hydrogens is 537 g/mol. The predicted molar refractivity (Wildman–Crippen MR) is 144 cm³/mol. The van der Waals surface area contributed by atoms with Crippen molar-refractivity contribution < 1.29 is 32.5 Å². The highest BCUT2D eigenvalue weighted by Gasteiger charge is 2.40. The standard InChI is InChI=1S/C30H25F3N4O4/c1-30(11-13-40-26-16(6-9-24(38)39)4-3-5-20(26)30)29-35-28(37(2)36-29)19-14-17(7-8-21(19)31)41-27-22(32)15-23-18(25(27)33)10-12-34-23/h3-5,7-8,10,12,14-15,34H,6,9,11,13H2,1-2H3,(H,38,39)/t30-/m1/s1. The number of H-pyrrole nitrogens is 1. The van der Waals surface area contributed by atoms with E-state index in [0.29, 0.717) is 31.0 Å². The fourth-order valence-electron chi connectivity index (χ4n) is 5.27. The highest BCUT2D eigenvalue weighted by Crippen LogP contribution is 2.45. The molecule has 2 N–H and O–H groups in total. The van der Waals surface area contributed by atoms with E-state index in [2.05, 4.69) is 10.1 Å². The van der Waals surface area contributed by atoms with Crippen molar-refractivity contribution in [1.29, 1.82) is 0 Å². The van der Waals surface area contributed by atoms with E-state index in [-0.39, 0.29) is 34.5 Å². The minimum Gasteiger partial charge on any atom is -0.493 e. The molecular formula is C30H25F3N4O4. The second kappa shape index (κ2) is 9.99. The Morgan fingerprint density at radius 3 is 2.80 bits per heavy atom. The number of ether oxygens (including phenoxy) is 2. The number of hydrogen-bond donors (Lipinski definition) is 2. The summed E-state index contributed by atoms with van der Waals surface area (Å²) in [7, 11) is 1.63. The van der Waals surface area contributed by atoms with Gasteiger partial charge < -0.3 is 19.6 Å². The average Bonchev–Trinajstić information content (AvgIpc) is 3.58. The van der Waals surface area contributed by atoms with Crippen LogP contribution in [0.25, 0.3) is 22.3 Å². The van der Waals surface area contributed by atoms with Crippen molar-refractivity contribution in [3.8, 4) is 28.6 Å². The zero-order valence-electron chi connectivity index (χ0n) is 22.2. The third kappa shape index (κ3) is 4.56. The van der Waals surface area contributed by atoms with Crippen LogP contribution in [0.1, 0.15) is 36.7 Å². The molecule has 0 saturated heterocycles. The molecule has 3 aromatic carbocycles. The maximum Gasteiger partial charge on any atom is 0.303 e. The number of hydrogen-bond acceptors (Lipinski definition) is 5. The van der Waals surface area contributed by atoms with Gasteiger partial charge in [0, 0.05) is 36.7 Å². The molecule has 1 aliphatic heterocycles. The summed E-state index contributed by atoms with van der Waals surface area (Å²) in [6, 6.07) is 11.9. The Kier molecular flexibility index (Phi) is 6.44. The highest BCUT2D eigenvalue weighted by molar-refractivity contribution is 5.82. The Morgan fingerprint density at radius 2 is 2.00 bits per heavy atom. The molecule has 0 fully saturated rings. The van der Waals surface area contributed by atoms with Crippen LogP contribution in [0.3, 0.4) is 0 Å². The smallest absolute Gasteiger partial charge is 0.303 e. The number of aryl methyl sites for hydroxylation is 2. The number of aromatic nitrogens is 4. The van der Waals surface area contributed by atoms with Gasteiger partial charge in [-0.15, -0.1) is 0 Å². The van der Waals surface area contributed by atoms with Gasteiger partial charge in [0.25, 0.3) is 0 Å². The Hall–Kier alpha value is -4.80. The van der Waals surface area contributed by atoms with Gasteiger partial charge in [0.1, 0.15) is 17.3 Å². The first-order valence-corrected chi connectivity index (χ1v) is 13.0. The van der Waals surface area contributed by atoms with E-state index >= 15 is 4.39 Å². The minimum absolute atomic E-state index is 0.0179. The molecule has 0 amide bonds. The van der Waals surface area contributed by atoms with E-state index < -0.39 is 34.6 Å². The van der Waals surface area contributed by atoms with E-state index in [0.717, 1.165) is 23.3 Å². The number of nitrogens with one attached hydrogen (secondary N) is 1. The highest BCUT2D eigenvalue weighted by atomic mass is 19.1. The average molecular weight is 563 g/mol. The molecule has 5 aromatic rings. The fourth-order valence-corrected chi connectivity index (χ4v) is 5.27. The molecule has 0 radical (unpaired) electrons. The van der Waals surface area contributed by atoms with Gasteiger partial charge in [-0.05, 0) is 49.6 Å². The van der Waals surface area contributed by atoms with Gasteiger partial charge in [-0.3, -0.25) is 4.79 Å². The summed E-state index contributed by atoms with van der Waals surface area (Å²) >= 11 is 0. The van der Waals surface area contributed by atoms with Gasteiger partial charge >= 0.3 is 5.97 Å². The SMILES string of the molecule is Cn1nc([C@]2(C)CCOc3c(CCC(=O)O)cccc32)nc1-c1cc(Oc2c(F)cc3[nH]ccc3c2F)ccc1F. The predicted octanol–water partition coefficient (Wildman–Crippen LogP) is 6.28. The van der Waals surface area contributed by atoms with Crippen LogP contribution < -0.4 is 9.47 Å². The summed E-state index contributed by atoms with van der Waals surface area (Å²) < 4.78 is 57.8. The topological polar surface area (TPSA) is 102 Å². The van der Waals surface area contributed by atoms with Crippen LogP contribution in [0.15, 0.2) is 54.7 Å². The van der Waals surface area contributed by atoms with Crippen molar-refractivity contribution in [2.75, 3.05) is 6.61 Å². The summed E-state index contributed by atoms with van der Waals surface area (Å²) in [6.07, 6.45) is 2.31. The molecule has 3 heterocycles. The van der Waals surface area contributed by atoms with Gasteiger partial charge in [0.2, 0.25) is 0 Å². The van der Waals surface area contributed by atoms with Crippen LogP contribution >= 0.6 is 0 Å². The number of rotatable bonds is 7. The molecule has 8 nitrogen and oxygen atoms in total. The van der Waals surface area contributed by atoms with E-state index in [1.807, 2.05) is 25.1 Å². The van der Waals surface area contributed by atoms with Crippen LogP contribution in [-0.4, -0.2) is 37.4 Å². The number of nitrogens with zero attached hydrogens (tertiary/aromatic N) is 3. The van der Waals surface area contributed by atoms with Gasteiger partial charge in [-0.1, -0.05) is 18.2 Å². The first-order chi connectivity index (χ1) is 19.7. The lowest BCUT2D eigenvalue weighted by atomic mass is 9.76. The zero-order chi connectivity index (χ0) is 28.9.